The van der Waals surface area contributed by atoms with Gasteiger partial charge in [-0.3, -0.25) is 0 Å². The van der Waals surface area contributed by atoms with Crippen molar-refractivity contribution in [2.75, 3.05) is 19.4 Å². The van der Waals surface area contributed by atoms with E-state index in [9.17, 15) is 13.2 Å². The number of aromatic nitrogens is 1. The molecule has 0 radical (unpaired) electrons. The Labute approximate surface area is 230 Å². The maximum absolute atomic E-state index is 13.2. The zero-order valence-corrected chi connectivity index (χ0v) is 23.6. The molecule has 0 saturated carbocycles. The molecular weight excluding hydrogens is 565 g/mol. The molecule has 0 aliphatic rings. The lowest BCUT2D eigenvalue weighted by atomic mass is 10.2. The molecule has 36 heavy (non-hydrogen) atoms. The average molecular weight is 589 g/mol. The highest BCUT2D eigenvalue weighted by molar-refractivity contribution is 8.01. The number of hydrogen-bond donors (Lipinski definition) is 0. The standard InChI is InChI=1S/C25H24ClF3N2OS4/c1-16-21-11-18(26)5-8-22(21)36-24(16)33-10-9-23-30-19(13-34-23)14-35-31(15-25(27,28)29)12-17-3-6-20(32-2)7-4-17/h3-8,11,13H,9-10,12,14-15H2,1-2H3. The van der Waals surface area contributed by atoms with Crippen molar-refractivity contribution in [3.05, 3.63) is 74.7 Å². The number of aryl methyl sites for hydroxylation is 2. The monoisotopic (exact) mass is 588 g/mol. The van der Waals surface area contributed by atoms with Gasteiger partial charge in [0.25, 0.3) is 0 Å². The summed E-state index contributed by atoms with van der Waals surface area (Å²) in [5.41, 5.74) is 2.85. The lowest BCUT2D eigenvalue weighted by Crippen LogP contribution is -2.29. The molecule has 4 rings (SSSR count). The predicted octanol–water partition coefficient (Wildman–Crippen LogP) is 8.88. The second-order valence-corrected chi connectivity index (χ2v) is 12.9. The van der Waals surface area contributed by atoms with Gasteiger partial charge in [0, 0.05) is 33.8 Å². The van der Waals surface area contributed by atoms with Crippen LogP contribution in [-0.2, 0) is 18.7 Å². The van der Waals surface area contributed by atoms with Crippen molar-refractivity contribution in [3.8, 4) is 5.75 Å². The van der Waals surface area contributed by atoms with Gasteiger partial charge < -0.3 is 4.74 Å². The molecule has 0 unspecified atom stereocenters. The number of alkyl halides is 3. The van der Waals surface area contributed by atoms with E-state index in [1.54, 1.807) is 65.8 Å². The lowest BCUT2D eigenvalue weighted by Gasteiger charge is -2.22. The van der Waals surface area contributed by atoms with Crippen LogP contribution in [-0.4, -0.2) is 34.9 Å². The Morgan fingerprint density at radius 1 is 1.14 bits per heavy atom. The van der Waals surface area contributed by atoms with E-state index in [1.807, 2.05) is 17.5 Å². The molecule has 2 aromatic heterocycles. The molecule has 0 N–H and O–H groups in total. The minimum absolute atomic E-state index is 0.182. The number of thiazole rings is 1. The van der Waals surface area contributed by atoms with E-state index >= 15 is 0 Å². The Kier molecular flexibility index (Phi) is 9.51. The van der Waals surface area contributed by atoms with E-state index in [0.29, 0.717) is 11.5 Å². The molecular formula is C25H24ClF3N2OS4. The molecule has 0 aliphatic carbocycles. The summed E-state index contributed by atoms with van der Waals surface area (Å²) < 4.78 is 48.4. The summed E-state index contributed by atoms with van der Waals surface area (Å²) in [5, 5.41) is 4.88. The quantitative estimate of drug-likeness (QED) is 0.129. The highest BCUT2D eigenvalue weighted by Gasteiger charge is 2.31. The zero-order chi connectivity index (χ0) is 25.7. The summed E-state index contributed by atoms with van der Waals surface area (Å²) >= 11 is 12.4. The maximum atomic E-state index is 13.2. The Bertz CT molecular complexity index is 1290. The molecule has 192 valence electrons. The number of nitrogens with zero attached hydrogens (tertiary/aromatic N) is 2. The average Bonchev–Trinajstić information content (AvgIpc) is 3.41. The molecule has 0 amide bonds. The normalized spacial score (nSPS) is 12.1. The summed E-state index contributed by atoms with van der Waals surface area (Å²) in [5.74, 6) is 1.96. The summed E-state index contributed by atoms with van der Waals surface area (Å²) in [4.78, 5) is 4.66. The summed E-state index contributed by atoms with van der Waals surface area (Å²) in [6, 6.07) is 13.1. The molecule has 2 heterocycles. The minimum Gasteiger partial charge on any atom is -0.497 e. The van der Waals surface area contributed by atoms with Gasteiger partial charge in [-0.05, 0) is 53.8 Å². The third-order valence-electron chi connectivity index (χ3n) is 5.27. The van der Waals surface area contributed by atoms with E-state index in [1.165, 1.54) is 24.2 Å². The van der Waals surface area contributed by atoms with Gasteiger partial charge in [0.1, 0.15) is 12.3 Å². The number of fused-ring (bicyclic) bond motifs is 1. The fourth-order valence-electron chi connectivity index (χ4n) is 3.51. The Morgan fingerprint density at radius 2 is 1.92 bits per heavy atom. The van der Waals surface area contributed by atoms with E-state index in [2.05, 4.69) is 18.0 Å². The SMILES string of the molecule is COc1ccc(CN(CC(F)(F)F)SCc2csc(CCSc3sc4ccc(Cl)cc4c3C)n2)cc1. The molecule has 11 heteroatoms. The fourth-order valence-corrected chi connectivity index (χ4v) is 8.14. The number of methoxy groups -OCH3 is 1. The zero-order valence-electron chi connectivity index (χ0n) is 19.6. The van der Waals surface area contributed by atoms with Crippen LogP contribution in [0.25, 0.3) is 10.1 Å². The Hall–Kier alpha value is -1.43. The van der Waals surface area contributed by atoms with Gasteiger partial charge in [-0.15, -0.1) is 34.4 Å². The van der Waals surface area contributed by atoms with E-state index in [-0.39, 0.29) is 6.54 Å². The Morgan fingerprint density at radius 3 is 2.64 bits per heavy atom. The predicted molar refractivity (Wildman–Crippen MR) is 149 cm³/mol. The van der Waals surface area contributed by atoms with Crippen LogP contribution in [0, 0.1) is 6.92 Å². The first-order chi connectivity index (χ1) is 17.2. The highest BCUT2D eigenvalue weighted by atomic mass is 35.5. The van der Waals surface area contributed by atoms with Gasteiger partial charge >= 0.3 is 6.18 Å². The number of benzene rings is 2. The topological polar surface area (TPSA) is 25.4 Å². The van der Waals surface area contributed by atoms with Crippen molar-refractivity contribution in [1.82, 2.24) is 9.29 Å². The van der Waals surface area contributed by atoms with Crippen molar-refractivity contribution in [3.63, 3.8) is 0 Å². The first kappa shape index (κ1) is 27.6. The minimum atomic E-state index is -4.28. The van der Waals surface area contributed by atoms with Gasteiger partial charge in [-0.25, -0.2) is 9.29 Å². The molecule has 0 bridgehead atoms. The molecule has 0 fully saturated rings. The number of rotatable bonds is 11. The van der Waals surface area contributed by atoms with Crippen LogP contribution in [0.4, 0.5) is 13.2 Å². The fraction of sp³-hybridized carbons (Fsp3) is 0.320. The number of ether oxygens (including phenoxy) is 1. The molecule has 2 aromatic carbocycles. The molecule has 3 nitrogen and oxygen atoms in total. The van der Waals surface area contributed by atoms with Gasteiger partial charge in [0.2, 0.25) is 0 Å². The third kappa shape index (κ3) is 7.79. The van der Waals surface area contributed by atoms with Crippen LogP contribution in [0.5, 0.6) is 5.75 Å². The third-order valence-corrected chi connectivity index (χ3v) is 10.2. The molecule has 0 atom stereocenters. The summed E-state index contributed by atoms with van der Waals surface area (Å²) in [6.45, 7) is 1.31. The van der Waals surface area contributed by atoms with E-state index < -0.39 is 12.7 Å². The highest BCUT2D eigenvalue weighted by Crippen LogP contribution is 2.39. The molecule has 0 aliphatic heterocycles. The summed E-state index contributed by atoms with van der Waals surface area (Å²) in [6.07, 6.45) is -3.47. The molecule has 0 saturated heterocycles. The molecule has 4 aromatic rings. The van der Waals surface area contributed by atoms with E-state index in [4.69, 9.17) is 16.3 Å². The number of halogens is 4. The first-order valence-corrected chi connectivity index (χ1v) is 15.0. The number of hydrogen-bond acceptors (Lipinski definition) is 7. The Balaban J connectivity index is 1.31. The van der Waals surface area contributed by atoms with Gasteiger partial charge in [-0.2, -0.15) is 13.2 Å². The van der Waals surface area contributed by atoms with Crippen LogP contribution in [0.3, 0.4) is 0 Å². The summed E-state index contributed by atoms with van der Waals surface area (Å²) in [7, 11) is 1.56. The lowest BCUT2D eigenvalue weighted by molar-refractivity contribution is -0.135. The maximum Gasteiger partial charge on any atom is 0.402 e. The van der Waals surface area contributed by atoms with Gasteiger partial charge in [0.15, 0.2) is 0 Å². The van der Waals surface area contributed by atoms with Crippen molar-refractivity contribution in [1.29, 1.82) is 0 Å². The van der Waals surface area contributed by atoms with Crippen LogP contribution < -0.4 is 4.74 Å². The van der Waals surface area contributed by atoms with Crippen LogP contribution in [0.2, 0.25) is 5.02 Å². The second kappa shape index (κ2) is 12.4. The van der Waals surface area contributed by atoms with Crippen molar-refractivity contribution in [2.45, 2.75) is 36.0 Å². The smallest absolute Gasteiger partial charge is 0.402 e. The largest absolute Gasteiger partial charge is 0.497 e. The van der Waals surface area contributed by atoms with E-state index in [0.717, 1.165) is 45.4 Å². The number of thioether (sulfide) groups is 1. The van der Waals surface area contributed by atoms with Gasteiger partial charge in [0.05, 0.1) is 27.8 Å². The second-order valence-electron chi connectivity index (χ2n) is 8.02. The van der Waals surface area contributed by atoms with Crippen LogP contribution in [0.15, 0.2) is 52.1 Å². The van der Waals surface area contributed by atoms with Crippen molar-refractivity contribution >= 4 is 68.1 Å². The number of thiophene rings is 1. The van der Waals surface area contributed by atoms with Gasteiger partial charge in [-0.1, -0.05) is 35.7 Å². The van der Waals surface area contributed by atoms with Crippen LogP contribution in [0.1, 0.15) is 21.8 Å². The van der Waals surface area contributed by atoms with Crippen molar-refractivity contribution in [2.24, 2.45) is 0 Å². The molecule has 0 spiro atoms. The van der Waals surface area contributed by atoms with Crippen molar-refractivity contribution < 1.29 is 17.9 Å². The van der Waals surface area contributed by atoms with Crippen LogP contribution >= 0.6 is 58.0 Å². The first-order valence-electron chi connectivity index (χ1n) is 11.0.